The van der Waals surface area contributed by atoms with Crippen molar-refractivity contribution < 1.29 is 9.53 Å². The van der Waals surface area contributed by atoms with Gasteiger partial charge in [-0.05, 0) is 36.4 Å². The van der Waals surface area contributed by atoms with Gasteiger partial charge in [0.2, 0.25) is 5.91 Å². The molecule has 2 aromatic rings. The quantitative estimate of drug-likeness (QED) is 0.825. The highest BCUT2D eigenvalue weighted by Crippen LogP contribution is 2.23. The van der Waals surface area contributed by atoms with Crippen LogP contribution in [-0.2, 0) is 11.2 Å². The van der Waals surface area contributed by atoms with Crippen LogP contribution in [0.4, 0.5) is 5.69 Å². The molecule has 0 saturated carbocycles. The summed E-state index contributed by atoms with van der Waals surface area (Å²) in [6.07, 6.45) is 0.150. The second kappa shape index (κ2) is 7.20. The molecular formula is C15H14Cl2N2O2. The van der Waals surface area contributed by atoms with Gasteiger partial charge in [-0.15, -0.1) is 0 Å². The predicted molar refractivity (Wildman–Crippen MR) is 84.9 cm³/mol. The van der Waals surface area contributed by atoms with Crippen LogP contribution in [-0.4, -0.2) is 13.0 Å². The van der Waals surface area contributed by atoms with Crippen LogP contribution in [0, 0.1) is 0 Å². The van der Waals surface area contributed by atoms with Crippen molar-refractivity contribution in [1.82, 2.24) is 5.43 Å². The minimum atomic E-state index is -0.212. The van der Waals surface area contributed by atoms with Crippen LogP contribution in [0.25, 0.3) is 0 Å². The topological polar surface area (TPSA) is 50.4 Å². The van der Waals surface area contributed by atoms with Gasteiger partial charge in [-0.25, -0.2) is 0 Å². The smallest absolute Gasteiger partial charge is 0.242 e. The number of amides is 1. The first-order chi connectivity index (χ1) is 10.1. The van der Waals surface area contributed by atoms with Crippen LogP contribution < -0.4 is 15.6 Å². The lowest BCUT2D eigenvalue weighted by Crippen LogP contribution is -2.30. The highest BCUT2D eigenvalue weighted by molar-refractivity contribution is 6.31. The molecule has 0 spiro atoms. The molecule has 0 bridgehead atoms. The van der Waals surface area contributed by atoms with Crippen molar-refractivity contribution in [1.29, 1.82) is 0 Å². The zero-order valence-corrected chi connectivity index (χ0v) is 12.8. The van der Waals surface area contributed by atoms with Crippen molar-refractivity contribution in [3.8, 4) is 5.75 Å². The Balaban J connectivity index is 1.97. The fraction of sp³-hybridized carbons (Fsp3) is 0.133. The van der Waals surface area contributed by atoms with E-state index in [1.54, 1.807) is 49.6 Å². The number of rotatable bonds is 5. The Morgan fingerprint density at radius 2 is 1.90 bits per heavy atom. The average molecular weight is 325 g/mol. The predicted octanol–water partition coefficient (Wildman–Crippen LogP) is 3.69. The molecule has 4 nitrogen and oxygen atoms in total. The van der Waals surface area contributed by atoms with Gasteiger partial charge in [0, 0.05) is 15.6 Å². The second-order valence-corrected chi connectivity index (χ2v) is 5.19. The SMILES string of the molecule is COc1ccc(Cl)cc1CC(=O)NNc1cccc(Cl)c1. The largest absolute Gasteiger partial charge is 0.496 e. The lowest BCUT2D eigenvalue weighted by atomic mass is 10.1. The Morgan fingerprint density at radius 3 is 2.62 bits per heavy atom. The molecule has 0 atom stereocenters. The molecule has 0 radical (unpaired) electrons. The van der Waals surface area contributed by atoms with E-state index in [1.165, 1.54) is 0 Å². The first-order valence-corrected chi connectivity index (χ1v) is 6.97. The number of ether oxygens (including phenoxy) is 1. The van der Waals surface area contributed by atoms with Crippen molar-refractivity contribution in [2.45, 2.75) is 6.42 Å². The Labute approximate surface area is 133 Å². The van der Waals surface area contributed by atoms with E-state index in [-0.39, 0.29) is 12.3 Å². The molecule has 0 unspecified atom stereocenters. The van der Waals surface area contributed by atoms with E-state index in [0.717, 1.165) is 5.56 Å². The van der Waals surface area contributed by atoms with Gasteiger partial charge in [-0.3, -0.25) is 15.6 Å². The molecule has 0 saturated heterocycles. The minimum absolute atomic E-state index is 0.150. The number of anilines is 1. The van der Waals surface area contributed by atoms with E-state index in [2.05, 4.69) is 10.9 Å². The summed E-state index contributed by atoms with van der Waals surface area (Å²) in [5.41, 5.74) is 6.82. The molecule has 1 amide bonds. The van der Waals surface area contributed by atoms with Gasteiger partial charge in [0.15, 0.2) is 0 Å². The van der Waals surface area contributed by atoms with Crippen molar-refractivity contribution >= 4 is 34.8 Å². The lowest BCUT2D eigenvalue weighted by Gasteiger charge is -2.11. The maximum atomic E-state index is 11.9. The van der Waals surface area contributed by atoms with Gasteiger partial charge in [0.05, 0.1) is 19.2 Å². The molecule has 2 rings (SSSR count). The third kappa shape index (κ3) is 4.55. The second-order valence-electron chi connectivity index (χ2n) is 4.32. The summed E-state index contributed by atoms with van der Waals surface area (Å²) >= 11 is 11.8. The highest BCUT2D eigenvalue weighted by Gasteiger charge is 2.09. The number of halogens is 2. The van der Waals surface area contributed by atoms with Crippen LogP contribution >= 0.6 is 23.2 Å². The summed E-state index contributed by atoms with van der Waals surface area (Å²) in [6, 6.07) is 12.2. The summed E-state index contributed by atoms with van der Waals surface area (Å²) in [4.78, 5) is 11.9. The molecule has 0 aliphatic heterocycles. The van der Waals surface area contributed by atoms with E-state index < -0.39 is 0 Å². The van der Waals surface area contributed by atoms with Gasteiger partial charge in [-0.2, -0.15) is 0 Å². The fourth-order valence-electron chi connectivity index (χ4n) is 1.81. The van der Waals surface area contributed by atoms with E-state index in [4.69, 9.17) is 27.9 Å². The van der Waals surface area contributed by atoms with E-state index >= 15 is 0 Å². The number of hydrogen-bond acceptors (Lipinski definition) is 3. The maximum absolute atomic E-state index is 11.9. The third-order valence-electron chi connectivity index (χ3n) is 2.76. The summed E-state index contributed by atoms with van der Waals surface area (Å²) in [6.45, 7) is 0. The van der Waals surface area contributed by atoms with Crippen molar-refractivity contribution in [2.24, 2.45) is 0 Å². The van der Waals surface area contributed by atoms with Crippen molar-refractivity contribution in [3.63, 3.8) is 0 Å². The number of benzene rings is 2. The Kier molecular flexibility index (Phi) is 5.31. The zero-order valence-electron chi connectivity index (χ0n) is 11.3. The first kappa shape index (κ1) is 15.5. The Morgan fingerprint density at radius 1 is 1.14 bits per heavy atom. The summed E-state index contributed by atoms with van der Waals surface area (Å²) in [5, 5.41) is 1.15. The molecule has 0 aromatic heterocycles. The highest BCUT2D eigenvalue weighted by atomic mass is 35.5. The molecule has 6 heteroatoms. The zero-order chi connectivity index (χ0) is 15.2. The number of hydrazine groups is 1. The van der Waals surface area contributed by atoms with Gasteiger partial charge < -0.3 is 4.74 Å². The number of carbonyl (C=O) groups excluding carboxylic acids is 1. The van der Waals surface area contributed by atoms with Crippen LogP contribution in [0.2, 0.25) is 10.0 Å². The molecular weight excluding hydrogens is 311 g/mol. The number of carbonyl (C=O) groups is 1. The van der Waals surface area contributed by atoms with Crippen LogP contribution in [0.5, 0.6) is 5.75 Å². The van der Waals surface area contributed by atoms with Crippen LogP contribution in [0.15, 0.2) is 42.5 Å². The summed E-state index contributed by atoms with van der Waals surface area (Å²) in [7, 11) is 1.55. The standard InChI is InChI=1S/C15H14Cl2N2O2/c1-21-14-6-5-12(17)7-10(14)8-15(20)19-18-13-4-2-3-11(16)9-13/h2-7,9,18H,8H2,1H3,(H,19,20). The molecule has 0 aliphatic carbocycles. The van der Waals surface area contributed by atoms with Gasteiger partial charge >= 0.3 is 0 Å². The van der Waals surface area contributed by atoms with Crippen molar-refractivity contribution in [2.75, 3.05) is 12.5 Å². The normalized spacial score (nSPS) is 10.0. The minimum Gasteiger partial charge on any atom is -0.496 e. The molecule has 0 heterocycles. The first-order valence-electron chi connectivity index (χ1n) is 6.21. The number of methoxy groups -OCH3 is 1. The summed E-state index contributed by atoms with van der Waals surface area (Å²) in [5.74, 6) is 0.410. The van der Waals surface area contributed by atoms with Crippen molar-refractivity contribution in [3.05, 3.63) is 58.1 Å². The third-order valence-corrected chi connectivity index (χ3v) is 3.23. The van der Waals surface area contributed by atoms with Crippen LogP contribution in [0.1, 0.15) is 5.56 Å². The van der Waals surface area contributed by atoms with Crippen LogP contribution in [0.3, 0.4) is 0 Å². The average Bonchev–Trinajstić information content (AvgIpc) is 2.45. The Bertz CT molecular complexity index is 647. The molecule has 0 fully saturated rings. The number of hydrogen-bond donors (Lipinski definition) is 2. The van der Waals surface area contributed by atoms with E-state index in [9.17, 15) is 4.79 Å². The van der Waals surface area contributed by atoms with E-state index in [1.807, 2.05) is 0 Å². The molecule has 21 heavy (non-hydrogen) atoms. The molecule has 2 aromatic carbocycles. The molecule has 2 N–H and O–H groups in total. The van der Waals surface area contributed by atoms with Gasteiger partial charge in [-0.1, -0.05) is 29.3 Å². The van der Waals surface area contributed by atoms with Gasteiger partial charge in [0.25, 0.3) is 0 Å². The lowest BCUT2D eigenvalue weighted by molar-refractivity contribution is -0.119. The maximum Gasteiger partial charge on any atom is 0.242 e. The fourth-order valence-corrected chi connectivity index (χ4v) is 2.20. The number of nitrogens with one attached hydrogen (secondary N) is 2. The Hall–Kier alpha value is -1.91. The van der Waals surface area contributed by atoms with Gasteiger partial charge in [0.1, 0.15) is 5.75 Å². The molecule has 0 aliphatic rings. The molecule has 110 valence electrons. The summed E-state index contributed by atoms with van der Waals surface area (Å²) < 4.78 is 5.20. The monoisotopic (exact) mass is 324 g/mol. The van der Waals surface area contributed by atoms with E-state index in [0.29, 0.717) is 21.5 Å².